The Kier molecular flexibility index (Phi) is 6.90. The topological polar surface area (TPSA) is 89.3 Å². The Balaban J connectivity index is 1.93. The number of benzene rings is 2. The molecule has 8 heteroatoms. The van der Waals surface area contributed by atoms with Crippen LogP contribution in [0.4, 0.5) is 0 Å². The molecule has 0 saturated carbocycles. The molecule has 0 unspecified atom stereocenters. The van der Waals surface area contributed by atoms with Crippen molar-refractivity contribution < 1.29 is 28.9 Å². The standard InChI is InChI=1S/C21H25NO7/c1-25-18-10-9-15(11-19(18)26-2)20(27-3)16-12-28-13-17(16)21(29-22(23)24)14-7-5-4-6-8-14/h4-11,16-17,20-21H,12-13H2,1-3H3/t16-,17-,20-,21-/m1/s1. The van der Waals surface area contributed by atoms with Crippen LogP contribution in [0.5, 0.6) is 11.5 Å². The number of nitrogens with zero attached hydrogens (tertiary/aromatic N) is 1. The van der Waals surface area contributed by atoms with Gasteiger partial charge in [-0.15, -0.1) is 10.1 Å². The van der Waals surface area contributed by atoms with E-state index in [-0.39, 0.29) is 17.9 Å². The summed E-state index contributed by atoms with van der Waals surface area (Å²) in [5.41, 5.74) is 1.60. The first-order chi connectivity index (χ1) is 14.1. The van der Waals surface area contributed by atoms with Gasteiger partial charge in [-0.3, -0.25) is 0 Å². The molecule has 1 aliphatic rings. The molecule has 1 aliphatic heterocycles. The summed E-state index contributed by atoms with van der Waals surface area (Å²) < 4.78 is 22.2. The molecular formula is C21H25NO7. The number of hydrogen-bond acceptors (Lipinski definition) is 7. The molecule has 1 heterocycles. The van der Waals surface area contributed by atoms with Gasteiger partial charge in [-0.2, -0.15) is 0 Å². The van der Waals surface area contributed by atoms with E-state index in [1.54, 1.807) is 21.3 Å². The Morgan fingerprint density at radius 1 is 0.931 bits per heavy atom. The van der Waals surface area contributed by atoms with Crippen LogP contribution in [0, 0.1) is 22.0 Å². The quantitative estimate of drug-likeness (QED) is 0.467. The van der Waals surface area contributed by atoms with Gasteiger partial charge in [0.2, 0.25) is 0 Å². The molecule has 0 aromatic heterocycles. The zero-order valence-corrected chi connectivity index (χ0v) is 16.6. The van der Waals surface area contributed by atoms with Crippen LogP contribution in [-0.2, 0) is 14.3 Å². The van der Waals surface area contributed by atoms with Gasteiger partial charge in [-0.1, -0.05) is 36.4 Å². The molecule has 156 valence electrons. The van der Waals surface area contributed by atoms with E-state index in [0.29, 0.717) is 24.7 Å². The number of ether oxygens (including phenoxy) is 4. The van der Waals surface area contributed by atoms with Crippen LogP contribution < -0.4 is 9.47 Å². The van der Waals surface area contributed by atoms with Crippen molar-refractivity contribution in [3.63, 3.8) is 0 Å². The molecule has 0 bridgehead atoms. The van der Waals surface area contributed by atoms with Gasteiger partial charge in [0.1, 0.15) is 6.10 Å². The van der Waals surface area contributed by atoms with Gasteiger partial charge in [0.05, 0.1) is 33.5 Å². The summed E-state index contributed by atoms with van der Waals surface area (Å²) in [6, 6.07) is 14.7. The largest absolute Gasteiger partial charge is 0.493 e. The van der Waals surface area contributed by atoms with Crippen LogP contribution in [0.15, 0.2) is 48.5 Å². The van der Waals surface area contributed by atoms with Crippen LogP contribution in [0.1, 0.15) is 23.3 Å². The van der Waals surface area contributed by atoms with Gasteiger partial charge < -0.3 is 23.8 Å². The maximum absolute atomic E-state index is 11.2. The van der Waals surface area contributed by atoms with Gasteiger partial charge >= 0.3 is 0 Å². The summed E-state index contributed by atoms with van der Waals surface area (Å²) in [6.07, 6.45) is -1.11. The second-order valence-electron chi connectivity index (χ2n) is 6.80. The summed E-state index contributed by atoms with van der Waals surface area (Å²) in [5, 5.41) is 10.4. The van der Waals surface area contributed by atoms with E-state index in [9.17, 15) is 10.1 Å². The molecular weight excluding hydrogens is 378 g/mol. The van der Waals surface area contributed by atoms with Crippen molar-refractivity contribution in [2.45, 2.75) is 12.2 Å². The normalized spacial score (nSPS) is 20.7. The molecule has 0 amide bonds. The third-order valence-electron chi connectivity index (χ3n) is 5.27. The smallest absolute Gasteiger partial charge is 0.295 e. The molecule has 3 rings (SSSR count). The van der Waals surface area contributed by atoms with Crippen LogP contribution >= 0.6 is 0 Å². The van der Waals surface area contributed by atoms with Crippen LogP contribution in [0.2, 0.25) is 0 Å². The molecule has 8 nitrogen and oxygen atoms in total. The molecule has 0 N–H and O–H groups in total. The van der Waals surface area contributed by atoms with Gasteiger partial charge in [-0.25, -0.2) is 0 Å². The minimum Gasteiger partial charge on any atom is -0.493 e. The lowest BCUT2D eigenvalue weighted by Crippen LogP contribution is -2.29. The van der Waals surface area contributed by atoms with E-state index < -0.39 is 11.2 Å². The summed E-state index contributed by atoms with van der Waals surface area (Å²) in [5.74, 6) is 0.789. The fourth-order valence-electron chi connectivity index (χ4n) is 3.92. The molecule has 4 atom stereocenters. The van der Waals surface area contributed by atoms with Crippen molar-refractivity contribution in [1.82, 2.24) is 0 Å². The first kappa shape index (κ1) is 20.9. The lowest BCUT2D eigenvalue weighted by atomic mass is 9.81. The minimum absolute atomic E-state index is 0.150. The zero-order chi connectivity index (χ0) is 20.8. The highest BCUT2D eigenvalue weighted by Gasteiger charge is 2.42. The molecule has 0 radical (unpaired) electrons. The SMILES string of the molecule is COc1ccc([C@@H](OC)[C@@H]2COC[C@H]2[C@H](O[N+](=O)[O-])c2ccccc2)cc1OC. The van der Waals surface area contributed by atoms with E-state index >= 15 is 0 Å². The third-order valence-corrected chi connectivity index (χ3v) is 5.27. The monoisotopic (exact) mass is 403 g/mol. The van der Waals surface area contributed by atoms with E-state index in [1.807, 2.05) is 48.5 Å². The average Bonchev–Trinajstić information content (AvgIpc) is 3.22. The fraction of sp³-hybridized carbons (Fsp3) is 0.429. The summed E-state index contributed by atoms with van der Waals surface area (Å²) in [6.45, 7) is 0.743. The van der Waals surface area contributed by atoms with E-state index in [4.69, 9.17) is 23.8 Å². The minimum atomic E-state index is -0.753. The van der Waals surface area contributed by atoms with Gasteiger partial charge in [0, 0.05) is 18.9 Å². The molecule has 2 aromatic rings. The highest BCUT2D eigenvalue weighted by atomic mass is 17.0. The maximum atomic E-state index is 11.2. The predicted molar refractivity (Wildman–Crippen MR) is 104 cm³/mol. The zero-order valence-electron chi connectivity index (χ0n) is 16.6. The summed E-state index contributed by atoms with van der Waals surface area (Å²) in [4.78, 5) is 16.3. The van der Waals surface area contributed by atoms with Crippen molar-refractivity contribution >= 4 is 0 Å². The van der Waals surface area contributed by atoms with Crippen LogP contribution in [0.3, 0.4) is 0 Å². The Morgan fingerprint density at radius 3 is 2.17 bits per heavy atom. The number of methoxy groups -OCH3 is 3. The second-order valence-corrected chi connectivity index (χ2v) is 6.80. The highest BCUT2D eigenvalue weighted by Crippen LogP contribution is 2.44. The lowest BCUT2D eigenvalue weighted by Gasteiger charge is -2.31. The highest BCUT2D eigenvalue weighted by molar-refractivity contribution is 5.43. The predicted octanol–water partition coefficient (Wildman–Crippen LogP) is 3.60. The molecule has 1 fully saturated rings. The van der Waals surface area contributed by atoms with Crippen molar-refractivity contribution in [3.05, 3.63) is 69.8 Å². The average molecular weight is 403 g/mol. The van der Waals surface area contributed by atoms with Crippen molar-refractivity contribution in [1.29, 1.82) is 0 Å². The molecule has 2 aromatic carbocycles. The van der Waals surface area contributed by atoms with Gasteiger partial charge in [0.15, 0.2) is 11.5 Å². The van der Waals surface area contributed by atoms with Crippen LogP contribution in [0.25, 0.3) is 0 Å². The van der Waals surface area contributed by atoms with Crippen molar-refractivity contribution in [2.75, 3.05) is 34.5 Å². The molecule has 0 spiro atoms. The lowest BCUT2D eigenvalue weighted by molar-refractivity contribution is -0.773. The fourth-order valence-corrected chi connectivity index (χ4v) is 3.92. The van der Waals surface area contributed by atoms with Gasteiger partial charge in [0.25, 0.3) is 5.09 Å². The molecule has 29 heavy (non-hydrogen) atoms. The Bertz CT molecular complexity index is 814. The van der Waals surface area contributed by atoms with Crippen molar-refractivity contribution in [3.8, 4) is 11.5 Å². The van der Waals surface area contributed by atoms with Crippen LogP contribution in [-0.4, -0.2) is 39.6 Å². The summed E-state index contributed by atoms with van der Waals surface area (Å²) in [7, 11) is 4.76. The van der Waals surface area contributed by atoms with E-state index in [2.05, 4.69) is 0 Å². The Morgan fingerprint density at radius 2 is 1.59 bits per heavy atom. The van der Waals surface area contributed by atoms with E-state index in [1.165, 1.54) is 0 Å². The Hall–Kier alpha value is -2.84. The van der Waals surface area contributed by atoms with E-state index in [0.717, 1.165) is 11.1 Å². The number of rotatable bonds is 9. The first-order valence-corrected chi connectivity index (χ1v) is 9.27. The third kappa shape index (κ3) is 4.60. The first-order valence-electron chi connectivity index (χ1n) is 9.27. The molecule has 1 saturated heterocycles. The summed E-state index contributed by atoms with van der Waals surface area (Å²) >= 11 is 0. The number of hydrogen-bond donors (Lipinski definition) is 0. The molecule has 0 aliphatic carbocycles. The Labute approximate surface area is 169 Å². The van der Waals surface area contributed by atoms with Crippen molar-refractivity contribution in [2.24, 2.45) is 11.8 Å². The van der Waals surface area contributed by atoms with Gasteiger partial charge in [-0.05, 0) is 23.3 Å². The second kappa shape index (κ2) is 9.58. The maximum Gasteiger partial charge on any atom is 0.295 e.